The molecule has 0 aliphatic rings. The smallest absolute Gasteiger partial charge is 0.291 e. The molecule has 6 N–H and O–H groups in total. The van der Waals surface area contributed by atoms with Gasteiger partial charge >= 0.3 is 0 Å². The number of nitrogens with zero attached hydrogens (tertiary/aromatic N) is 4. The molecule has 0 unspecified atom stereocenters. The minimum atomic E-state index is -0.247. The Kier molecular flexibility index (Phi) is 5.90. The van der Waals surface area contributed by atoms with Crippen LogP contribution < -0.4 is 22.3 Å². The van der Waals surface area contributed by atoms with Crippen LogP contribution in [-0.4, -0.2) is 38.6 Å². The lowest BCUT2D eigenvalue weighted by atomic mass is 10.1. The van der Waals surface area contributed by atoms with Gasteiger partial charge in [0.15, 0.2) is 5.65 Å². The predicted molar refractivity (Wildman–Crippen MR) is 114 cm³/mol. The zero-order valence-electron chi connectivity index (χ0n) is 15.9. The van der Waals surface area contributed by atoms with Crippen LogP contribution in [0.4, 0.5) is 0 Å². The Morgan fingerprint density at radius 3 is 2.93 bits per heavy atom. The molecule has 0 saturated carbocycles. The van der Waals surface area contributed by atoms with Crippen LogP contribution in [0.15, 0.2) is 35.0 Å². The largest absolute Gasteiger partial charge is 0.405 e. The number of nitrogens with one attached hydrogen (secondary N) is 2. The van der Waals surface area contributed by atoms with E-state index in [4.69, 9.17) is 16.9 Å². The summed E-state index contributed by atoms with van der Waals surface area (Å²) in [5.74, 6) is 0. The average Bonchev–Trinajstić information content (AvgIpc) is 3.21. The third-order valence-electron chi connectivity index (χ3n) is 4.46. The highest BCUT2D eigenvalue weighted by Gasteiger charge is 2.18. The highest BCUT2D eigenvalue weighted by molar-refractivity contribution is 7.19. The van der Waals surface area contributed by atoms with Gasteiger partial charge in [-0.1, -0.05) is 6.08 Å². The molecule has 10 heteroatoms. The topological polar surface area (TPSA) is 141 Å². The van der Waals surface area contributed by atoms with E-state index in [1.165, 1.54) is 10.9 Å². The summed E-state index contributed by atoms with van der Waals surface area (Å²) < 4.78 is 4.05. The number of allylic oxidation sites excluding steroid dienone is 1. The number of aromatic nitrogens is 4. The number of hydrogen-bond donors (Lipinski definition) is 4. The van der Waals surface area contributed by atoms with E-state index in [0.29, 0.717) is 11.1 Å². The second-order valence-electron chi connectivity index (χ2n) is 6.30. The summed E-state index contributed by atoms with van der Waals surface area (Å²) in [7, 11) is 3.57. The van der Waals surface area contributed by atoms with E-state index in [-0.39, 0.29) is 24.4 Å². The number of nitrogens with two attached hydrogens (primary N) is 2. The molecule has 0 fully saturated rings. The minimum absolute atomic E-state index is 0.0580. The fourth-order valence-corrected chi connectivity index (χ4v) is 4.17. The van der Waals surface area contributed by atoms with Gasteiger partial charge in [-0.15, -0.1) is 11.3 Å². The maximum Gasteiger partial charge on any atom is 0.291 e. The van der Waals surface area contributed by atoms with Crippen molar-refractivity contribution in [3.05, 3.63) is 45.6 Å². The SMILES string of the molecule is CN/C=C(/CN)C(=N)Cn1ncc2c3sc(CC/C=C\N)nc3n(C)c2c1=O. The van der Waals surface area contributed by atoms with Crippen LogP contribution in [-0.2, 0) is 20.0 Å². The number of fused-ring (bicyclic) bond motifs is 3. The Morgan fingerprint density at radius 1 is 1.46 bits per heavy atom. The number of aryl methyl sites for hydroxylation is 2. The normalized spacial score (nSPS) is 12.5. The lowest BCUT2D eigenvalue weighted by Crippen LogP contribution is -2.29. The Bertz CT molecular complexity index is 1130. The van der Waals surface area contributed by atoms with E-state index in [1.807, 2.05) is 13.1 Å². The Balaban J connectivity index is 2.00. The van der Waals surface area contributed by atoms with Crippen molar-refractivity contribution in [3.8, 4) is 0 Å². The van der Waals surface area contributed by atoms with Crippen LogP contribution in [0.5, 0.6) is 0 Å². The molecule has 3 rings (SSSR count). The van der Waals surface area contributed by atoms with Crippen molar-refractivity contribution in [2.75, 3.05) is 13.6 Å². The van der Waals surface area contributed by atoms with E-state index >= 15 is 0 Å². The van der Waals surface area contributed by atoms with Gasteiger partial charge in [-0.3, -0.25) is 4.79 Å². The molecule has 0 aliphatic heterocycles. The molecule has 0 bridgehead atoms. The van der Waals surface area contributed by atoms with Crippen molar-refractivity contribution in [2.24, 2.45) is 18.5 Å². The monoisotopic (exact) mass is 400 g/mol. The van der Waals surface area contributed by atoms with Crippen molar-refractivity contribution in [1.29, 1.82) is 5.41 Å². The highest BCUT2D eigenvalue weighted by atomic mass is 32.1. The van der Waals surface area contributed by atoms with Crippen LogP contribution in [0, 0.1) is 5.41 Å². The molecule has 0 radical (unpaired) electrons. The minimum Gasteiger partial charge on any atom is -0.405 e. The van der Waals surface area contributed by atoms with Gasteiger partial charge in [-0.25, -0.2) is 9.67 Å². The van der Waals surface area contributed by atoms with Crippen molar-refractivity contribution >= 4 is 38.3 Å². The second kappa shape index (κ2) is 8.36. The summed E-state index contributed by atoms with van der Waals surface area (Å²) in [5.41, 5.74) is 13.0. The molecule has 3 aromatic rings. The molecule has 0 amide bonds. The van der Waals surface area contributed by atoms with Gasteiger partial charge in [0.25, 0.3) is 5.56 Å². The standard InChI is InChI=1S/C18H24N8OS/c1-22-8-11(7-20)13(21)10-26-18(27)15-12(9-23-26)16-17(25(15)2)24-14(28-16)5-3-4-6-19/h4,6,8-9,21-22H,3,5,7,10,19-20H2,1-2H3/b6-4-,11-8-,21-13?. The summed E-state index contributed by atoms with van der Waals surface area (Å²) in [5, 5.41) is 17.1. The molecule has 0 saturated heterocycles. The first-order chi connectivity index (χ1) is 13.5. The van der Waals surface area contributed by atoms with Crippen LogP contribution in [0.25, 0.3) is 21.3 Å². The van der Waals surface area contributed by atoms with Gasteiger partial charge in [-0.2, -0.15) is 5.10 Å². The molecule has 148 valence electrons. The zero-order chi connectivity index (χ0) is 20.3. The first kappa shape index (κ1) is 19.8. The Morgan fingerprint density at radius 2 is 2.25 bits per heavy atom. The maximum absolute atomic E-state index is 13.0. The highest BCUT2D eigenvalue weighted by Crippen LogP contribution is 2.31. The number of thiazole rings is 1. The third-order valence-corrected chi connectivity index (χ3v) is 5.60. The van der Waals surface area contributed by atoms with Gasteiger partial charge in [0.1, 0.15) is 5.52 Å². The fourth-order valence-electron chi connectivity index (χ4n) is 3.05. The second-order valence-corrected chi connectivity index (χ2v) is 7.38. The fraction of sp³-hybridized carbons (Fsp3) is 0.333. The summed E-state index contributed by atoms with van der Waals surface area (Å²) >= 11 is 1.57. The summed E-state index contributed by atoms with van der Waals surface area (Å²) in [6.45, 7) is 0.269. The molecule has 28 heavy (non-hydrogen) atoms. The van der Waals surface area contributed by atoms with Gasteiger partial charge in [0.2, 0.25) is 0 Å². The Labute approximate surface area is 165 Å². The number of hydrogen-bond acceptors (Lipinski definition) is 8. The molecule has 0 atom stereocenters. The van der Waals surface area contributed by atoms with E-state index in [0.717, 1.165) is 33.6 Å². The van der Waals surface area contributed by atoms with Gasteiger partial charge in [-0.05, 0) is 12.6 Å². The van der Waals surface area contributed by atoms with E-state index in [2.05, 4.69) is 15.4 Å². The van der Waals surface area contributed by atoms with Crippen LogP contribution >= 0.6 is 11.3 Å². The van der Waals surface area contributed by atoms with Crippen LogP contribution in [0.3, 0.4) is 0 Å². The molecule has 0 spiro atoms. The zero-order valence-corrected chi connectivity index (χ0v) is 16.7. The van der Waals surface area contributed by atoms with Crippen molar-refractivity contribution < 1.29 is 0 Å². The van der Waals surface area contributed by atoms with Gasteiger partial charge in [0, 0.05) is 44.2 Å². The average molecular weight is 401 g/mol. The molecule has 9 nitrogen and oxygen atoms in total. The number of rotatable bonds is 8. The van der Waals surface area contributed by atoms with Gasteiger partial charge < -0.3 is 26.8 Å². The van der Waals surface area contributed by atoms with Crippen LogP contribution in [0.1, 0.15) is 11.4 Å². The van der Waals surface area contributed by atoms with E-state index < -0.39 is 0 Å². The molecular formula is C18H24N8OS. The lowest BCUT2D eigenvalue weighted by Gasteiger charge is -2.09. The third kappa shape index (κ3) is 3.56. The molecular weight excluding hydrogens is 376 g/mol. The predicted octanol–water partition coefficient (Wildman–Crippen LogP) is 0.831. The molecule has 3 heterocycles. The summed E-state index contributed by atoms with van der Waals surface area (Å²) in [6.07, 6.45) is 8.40. The van der Waals surface area contributed by atoms with Crippen molar-refractivity contribution in [3.63, 3.8) is 0 Å². The van der Waals surface area contributed by atoms with Crippen LogP contribution in [0.2, 0.25) is 0 Å². The Hall–Kier alpha value is -2.98. The quantitative estimate of drug-likeness (QED) is 0.413. The van der Waals surface area contributed by atoms with Crippen molar-refractivity contribution in [1.82, 2.24) is 24.6 Å². The van der Waals surface area contributed by atoms with Crippen molar-refractivity contribution in [2.45, 2.75) is 19.4 Å². The first-order valence-corrected chi connectivity index (χ1v) is 9.68. The molecule has 0 aliphatic carbocycles. The first-order valence-electron chi connectivity index (χ1n) is 8.86. The van der Waals surface area contributed by atoms with E-state index in [9.17, 15) is 4.79 Å². The van der Waals surface area contributed by atoms with E-state index in [1.54, 1.807) is 35.3 Å². The maximum atomic E-state index is 13.0. The molecule has 3 aromatic heterocycles. The summed E-state index contributed by atoms with van der Waals surface area (Å²) in [4.78, 5) is 17.7. The molecule has 0 aromatic carbocycles. The van der Waals surface area contributed by atoms with Gasteiger partial charge in [0.05, 0.1) is 28.2 Å². The summed E-state index contributed by atoms with van der Waals surface area (Å²) in [6, 6.07) is 0. The lowest BCUT2D eigenvalue weighted by molar-refractivity contribution is 0.673.